The van der Waals surface area contributed by atoms with E-state index >= 15 is 0 Å². The van der Waals surface area contributed by atoms with Crippen molar-refractivity contribution in [3.8, 4) is 0 Å². The lowest BCUT2D eigenvalue weighted by atomic mass is 10.0. The highest BCUT2D eigenvalue weighted by molar-refractivity contribution is 5.76. The molecule has 0 aromatic heterocycles. The Morgan fingerprint density at radius 3 is 0.783 bits per heavy atom. The first-order chi connectivity index (χ1) is 45.5. The Morgan fingerprint density at radius 1 is 0.293 bits per heavy atom. The van der Waals surface area contributed by atoms with E-state index in [1.165, 1.54) is 411 Å². The third-order valence-electron chi connectivity index (χ3n) is 20.2. The van der Waals surface area contributed by atoms with Crippen LogP contribution in [0.5, 0.6) is 0 Å². The summed E-state index contributed by atoms with van der Waals surface area (Å²) >= 11 is 0. The van der Waals surface area contributed by atoms with Gasteiger partial charge in [0.2, 0.25) is 5.91 Å². The van der Waals surface area contributed by atoms with Crippen LogP contribution < -0.4 is 5.32 Å². The number of nitrogens with one attached hydrogen (secondary N) is 1. The monoisotopic (exact) mass is 1290 g/mol. The van der Waals surface area contributed by atoms with E-state index in [1.54, 1.807) is 0 Å². The topological polar surface area (TPSA) is 95.9 Å². The Bertz CT molecular complexity index is 1450. The summed E-state index contributed by atoms with van der Waals surface area (Å²) in [6, 6.07) is -0.539. The van der Waals surface area contributed by atoms with Crippen molar-refractivity contribution in [1.29, 1.82) is 0 Å². The smallest absolute Gasteiger partial charge is 0.305 e. The van der Waals surface area contributed by atoms with Gasteiger partial charge in [-0.15, -0.1) is 0 Å². The molecule has 0 spiro atoms. The van der Waals surface area contributed by atoms with E-state index in [-0.39, 0.29) is 18.5 Å². The highest BCUT2D eigenvalue weighted by Crippen LogP contribution is 2.21. The van der Waals surface area contributed by atoms with Crippen molar-refractivity contribution in [2.45, 2.75) is 501 Å². The second-order valence-corrected chi connectivity index (χ2v) is 29.5. The number of rotatable bonds is 81. The summed E-state index contributed by atoms with van der Waals surface area (Å²) in [5, 5.41) is 23.5. The van der Waals surface area contributed by atoms with Crippen LogP contribution in [0, 0.1) is 0 Å². The maximum atomic E-state index is 12.6. The first kappa shape index (κ1) is 90.3. The summed E-state index contributed by atoms with van der Waals surface area (Å²) in [4.78, 5) is 24.6. The Hall–Kier alpha value is -1.66. The van der Waals surface area contributed by atoms with Gasteiger partial charge in [-0.1, -0.05) is 423 Å². The molecule has 0 aromatic rings. The fraction of sp³-hybridized carbons (Fsp3) is 0.930. The van der Waals surface area contributed by atoms with Crippen LogP contribution in [0.2, 0.25) is 0 Å². The quantitative estimate of drug-likeness (QED) is 0.0320. The highest BCUT2D eigenvalue weighted by Gasteiger charge is 2.20. The van der Waals surface area contributed by atoms with E-state index in [4.69, 9.17) is 4.74 Å². The number of ether oxygens (including phenoxy) is 1. The van der Waals surface area contributed by atoms with Crippen LogP contribution in [0.4, 0.5) is 0 Å². The molecule has 2 atom stereocenters. The van der Waals surface area contributed by atoms with E-state index in [0.29, 0.717) is 25.9 Å². The zero-order valence-electron chi connectivity index (χ0n) is 62.8. The van der Waals surface area contributed by atoms with E-state index in [0.717, 1.165) is 44.9 Å². The van der Waals surface area contributed by atoms with Crippen LogP contribution in [-0.4, -0.2) is 47.4 Å². The SMILES string of the molecule is CCCCCC/C=C\CCCCCCCC(=O)OCCCCCCCCCCCCCCCCCCCC/C=C\CCCCCCCCCCCCCCCCCCCC(=O)NC(CO)C(O)CCCCCCCCCCCCCCCCCCCCCCCCC. The molecule has 546 valence electrons. The number of amides is 1. The molecule has 0 aliphatic carbocycles. The first-order valence-electron chi connectivity index (χ1n) is 42.6. The summed E-state index contributed by atoms with van der Waals surface area (Å²) < 4.78 is 5.49. The van der Waals surface area contributed by atoms with Crippen LogP contribution >= 0.6 is 0 Å². The number of unbranched alkanes of at least 4 members (excludes halogenated alkanes) is 66. The largest absolute Gasteiger partial charge is 0.466 e. The molecule has 0 heterocycles. The van der Waals surface area contributed by atoms with Gasteiger partial charge in [-0.3, -0.25) is 9.59 Å². The molecule has 6 nitrogen and oxygen atoms in total. The van der Waals surface area contributed by atoms with Crippen molar-refractivity contribution < 1.29 is 24.5 Å². The van der Waals surface area contributed by atoms with E-state index in [9.17, 15) is 19.8 Å². The first-order valence-corrected chi connectivity index (χ1v) is 42.6. The van der Waals surface area contributed by atoms with Crippen molar-refractivity contribution in [2.24, 2.45) is 0 Å². The van der Waals surface area contributed by atoms with Gasteiger partial charge in [0.1, 0.15) is 0 Å². The van der Waals surface area contributed by atoms with Gasteiger partial charge in [-0.05, 0) is 77.0 Å². The second-order valence-electron chi connectivity index (χ2n) is 29.5. The fourth-order valence-corrected chi connectivity index (χ4v) is 13.8. The minimum absolute atomic E-state index is 0.0141. The highest BCUT2D eigenvalue weighted by atomic mass is 16.5. The molecule has 0 aliphatic rings. The van der Waals surface area contributed by atoms with Crippen molar-refractivity contribution >= 4 is 11.9 Å². The third kappa shape index (κ3) is 77.3. The van der Waals surface area contributed by atoms with E-state index in [1.807, 2.05) is 0 Å². The summed E-state index contributed by atoms with van der Waals surface area (Å²) in [7, 11) is 0. The summed E-state index contributed by atoms with van der Waals surface area (Å²) in [6.07, 6.45) is 106. The zero-order valence-corrected chi connectivity index (χ0v) is 62.8. The predicted molar refractivity (Wildman–Crippen MR) is 407 cm³/mol. The predicted octanol–water partition coefficient (Wildman–Crippen LogP) is 28.4. The van der Waals surface area contributed by atoms with Gasteiger partial charge >= 0.3 is 5.97 Å². The lowest BCUT2D eigenvalue weighted by Crippen LogP contribution is -2.45. The van der Waals surface area contributed by atoms with Gasteiger partial charge in [-0.2, -0.15) is 0 Å². The van der Waals surface area contributed by atoms with Crippen molar-refractivity contribution in [1.82, 2.24) is 5.32 Å². The van der Waals surface area contributed by atoms with Gasteiger partial charge in [0, 0.05) is 12.8 Å². The van der Waals surface area contributed by atoms with E-state index in [2.05, 4.69) is 43.5 Å². The molecule has 0 aromatic carbocycles. The number of allylic oxidation sites excluding steroid dienone is 4. The Kier molecular flexibility index (Phi) is 80.3. The van der Waals surface area contributed by atoms with Crippen molar-refractivity contribution in [3.05, 3.63) is 24.3 Å². The number of aliphatic hydroxyl groups excluding tert-OH is 2. The second kappa shape index (κ2) is 81.8. The number of esters is 1. The maximum absolute atomic E-state index is 12.6. The van der Waals surface area contributed by atoms with Crippen LogP contribution in [0.3, 0.4) is 0 Å². The number of hydrogen-bond donors (Lipinski definition) is 3. The van der Waals surface area contributed by atoms with Gasteiger partial charge in [-0.25, -0.2) is 0 Å². The zero-order chi connectivity index (χ0) is 66.3. The molecule has 6 heteroatoms. The number of carbonyl (C=O) groups excluding carboxylic acids is 2. The number of hydrogen-bond acceptors (Lipinski definition) is 5. The molecule has 0 radical (unpaired) electrons. The molecule has 0 fully saturated rings. The molecular formula is C86H167NO5. The van der Waals surface area contributed by atoms with Crippen LogP contribution in [0.15, 0.2) is 24.3 Å². The summed E-state index contributed by atoms with van der Waals surface area (Å²) in [5.74, 6) is -0.0104. The Balaban J connectivity index is 3.33. The molecule has 0 saturated carbocycles. The van der Waals surface area contributed by atoms with Gasteiger partial charge in [0.05, 0.1) is 25.4 Å². The molecule has 1 amide bonds. The summed E-state index contributed by atoms with van der Waals surface area (Å²) in [5.41, 5.74) is 0. The van der Waals surface area contributed by atoms with Crippen LogP contribution in [0.25, 0.3) is 0 Å². The average Bonchev–Trinajstić information content (AvgIpc) is 3.48. The number of carbonyl (C=O) groups is 2. The molecule has 0 saturated heterocycles. The third-order valence-corrected chi connectivity index (χ3v) is 20.2. The van der Waals surface area contributed by atoms with Crippen LogP contribution in [0.1, 0.15) is 489 Å². The summed E-state index contributed by atoms with van der Waals surface area (Å²) in [6.45, 7) is 4.99. The molecular weight excluding hydrogens is 1130 g/mol. The maximum Gasteiger partial charge on any atom is 0.305 e. The normalized spacial score (nSPS) is 12.5. The molecule has 0 aliphatic heterocycles. The molecule has 3 N–H and O–H groups in total. The molecule has 92 heavy (non-hydrogen) atoms. The number of aliphatic hydroxyl groups is 2. The lowest BCUT2D eigenvalue weighted by Gasteiger charge is -2.22. The molecule has 2 unspecified atom stereocenters. The molecule has 0 bridgehead atoms. The Labute approximate surface area is 577 Å². The van der Waals surface area contributed by atoms with E-state index < -0.39 is 12.1 Å². The lowest BCUT2D eigenvalue weighted by molar-refractivity contribution is -0.143. The molecule has 0 rings (SSSR count). The minimum Gasteiger partial charge on any atom is -0.466 e. The van der Waals surface area contributed by atoms with Gasteiger partial charge in [0.15, 0.2) is 0 Å². The fourth-order valence-electron chi connectivity index (χ4n) is 13.8. The van der Waals surface area contributed by atoms with Gasteiger partial charge in [0.25, 0.3) is 0 Å². The Morgan fingerprint density at radius 2 is 0.511 bits per heavy atom. The standard InChI is InChI=1S/C86H167NO5/c1-3-5-7-9-11-13-15-17-18-19-20-21-39-42-45-48-51-55-58-62-66-70-74-78-84(89)83(82-88)87-85(90)79-75-71-67-63-59-56-52-49-46-43-40-37-35-33-31-29-27-25-23-22-24-26-28-30-32-34-36-38-41-44-47-50-53-57-61-65-69-73-77-81-92-86(91)80-76-72-68-64-60-54-16-14-12-10-8-6-4-2/h14,16,22-23,83-84,88-89H,3-13,15,17-21,24-82H2,1-2H3,(H,87,90)/b16-14-,23-22-. The van der Waals surface area contributed by atoms with Crippen LogP contribution in [-0.2, 0) is 14.3 Å². The minimum atomic E-state index is -0.662. The van der Waals surface area contributed by atoms with Crippen molar-refractivity contribution in [3.63, 3.8) is 0 Å². The van der Waals surface area contributed by atoms with Gasteiger partial charge < -0.3 is 20.3 Å². The van der Waals surface area contributed by atoms with Crippen molar-refractivity contribution in [2.75, 3.05) is 13.2 Å². The average molecular weight is 1300 g/mol.